The Hall–Kier alpha value is -1.95. The Balaban J connectivity index is 2.57. The highest BCUT2D eigenvalue weighted by Gasteiger charge is 2.35. The van der Waals surface area contributed by atoms with Gasteiger partial charge in [-0.2, -0.15) is 13.2 Å². The first kappa shape index (κ1) is 14.5. The summed E-state index contributed by atoms with van der Waals surface area (Å²) in [6.07, 6.45) is -3.07. The van der Waals surface area contributed by atoms with E-state index in [1.165, 1.54) is 6.07 Å². The maximum Gasteiger partial charge on any atom is 0.417 e. The van der Waals surface area contributed by atoms with E-state index in [1.807, 2.05) is 0 Å². The fourth-order valence-electron chi connectivity index (χ4n) is 1.64. The van der Waals surface area contributed by atoms with Gasteiger partial charge < -0.3 is 0 Å². The first-order chi connectivity index (χ1) is 9.30. The third-order valence-corrected chi connectivity index (χ3v) is 2.78. The number of alkyl halides is 3. The van der Waals surface area contributed by atoms with Gasteiger partial charge in [0, 0.05) is 17.4 Å². The number of ketones is 1. The monoisotopic (exact) mass is 303 g/mol. The molecule has 0 bridgehead atoms. The largest absolute Gasteiger partial charge is 0.417 e. The molecule has 0 amide bonds. The molecule has 0 radical (unpaired) electrons. The molecule has 20 heavy (non-hydrogen) atoms. The summed E-state index contributed by atoms with van der Waals surface area (Å²) in [7, 11) is 0. The maximum absolute atomic E-state index is 13.6. The fourth-order valence-corrected chi connectivity index (χ4v) is 1.81. The van der Waals surface area contributed by atoms with Crippen molar-refractivity contribution in [2.75, 3.05) is 0 Å². The minimum atomic E-state index is -4.73. The Labute approximate surface area is 116 Å². The zero-order valence-corrected chi connectivity index (χ0v) is 10.5. The summed E-state index contributed by atoms with van der Waals surface area (Å²) in [5.41, 5.74) is -2.42. The molecule has 0 aliphatic carbocycles. The molecular weight excluding hydrogens is 298 g/mol. The average molecular weight is 304 g/mol. The van der Waals surface area contributed by atoms with Crippen molar-refractivity contribution in [2.45, 2.75) is 6.18 Å². The van der Waals surface area contributed by atoms with Crippen LogP contribution in [-0.2, 0) is 6.18 Å². The summed E-state index contributed by atoms with van der Waals surface area (Å²) in [6, 6.07) is 3.75. The highest BCUT2D eigenvalue weighted by molar-refractivity contribution is 6.31. The first-order valence-electron chi connectivity index (χ1n) is 5.31. The number of halogens is 5. The Morgan fingerprint density at radius 1 is 1.15 bits per heavy atom. The van der Waals surface area contributed by atoms with Crippen molar-refractivity contribution in [1.82, 2.24) is 4.98 Å². The number of carbonyl (C=O) groups excluding carboxylic acids is 1. The Morgan fingerprint density at radius 2 is 1.85 bits per heavy atom. The molecule has 0 aliphatic rings. The van der Waals surface area contributed by atoms with Gasteiger partial charge in [0.1, 0.15) is 5.82 Å². The predicted molar refractivity (Wildman–Crippen MR) is 64.1 cm³/mol. The molecule has 0 unspecified atom stereocenters. The second-order valence-electron chi connectivity index (χ2n) is 3.87. The predicted octanol–water partition coefficient (Wildman–Crippen LogP) is 4.12. The van der Waals surface area contributed by atoms with Crippen molar-refractivity contribution in [2.24, 2.45) is 0 Å². The average Bonchev–Trinajstić information content (AvgIpc) is 2.40. The first-order valence-corrected chi connectivity index (χ1v) is 5.69. The molecule has 0 atom stereocenters. The zero-order chi connectivity index (χ0) is 14.9. The molecule has 0 fully saturated rings. The number of aromatic nitrogens is 1. The summed E-state index contributed by atoms with van der Waals surface area (Å²) < 4.78 is 52.0. The number of nitrogens with zero attached hydrogens (tertiary/aromatic N) is 1. The van der Waals surface area contributed by atoms with E-state index in [4.69, 9.17) is 11.6 Å². The molecule has 0 saturated carbocycles. The van der Waals surface area contributed by atoms with E-state index in [0.29, 0.717) is 6.07 Å². The van der Waals surface area contributed by atoms with Crippen LogP contribution in [0.4, 0.5) is 17.6 Å². The highest BCUT2D eigenvalue weighted by Crippen LogP contribution is 2.32. The van der Waals surface area contributed by atoms with Crippen LogP contribution < -0.4 is 0 Å². The maximum atomic E-state index is 13.6. The van der Waals surface area contributed by atoms with Crippen LogP contribution in [0.15, 0.2) is 36.7 Å². The standard InChI is InChI=1S/C13H6ClF4NO/c14-7-1-2-11(15)8(5-7)12(20)9-6-19-4-3-10(9)13(16,17)18/h1-6H. The minimum Gasteiger partial charge on any atom is -0.288 e. The van der Waals surface area contributed by atoms with Crippen molar-refractivity contribution >= 4 is 17.4 Å². The highest BCUT2D eigenvalue weighted by atomic mass is 35.5. The number of carbonyl (C=O) groups is 1. The number of benzene rings is 1. The third kappa shape index (κ3) is 2.80. The van der Waals surface area contributed by atoms with Gasteiger partial charge in [0.05, 0.1) is 16.7 Å². The molecule has 0 spiro atoms. The number of hydrogen-bond acceptors (Lipinski definition) is 2. The van der Waals surface area contributed by atoms with Gasteiger partial charge in [0.15, 0.2) is 5.78 Å². The van der Waals surface area contributed by atoms with Crippen molar-refractivity contribution < 1.29 is 22.4 Å². The van der Waals surface area contributed by atoms with E-state index in [-0.39, 0.29) is 5.02 Å². The van der Waals surface area contributed by atoms with Crippen molar-refractivity contribution in [3.05, 3.63) is 64.2 Å². The van der Waals surface area contributed by atoms with Crippen LogP contribution in [0.5, 0.6) is 0 Å². The SMILES string of the molecule is O=C(c1cc(Cl)ccc1F)c1cnccc1C(F)(F)F. The lowest BCUT2D eigenvalue weighted by atomic mass is 10.00. The summed E-state index contributed by atoms with van der Waals surface area (Å²) in [5, 5.41) is 0.0483. The van der Waals surface area contributed by atoms with Crippen LogP contribution in [0.25, 0.3) is 0 Å². The Morgan fingerprint density at radius 3 is 2.50 bits per heavy atom. The molecule has 0 aliphatic heterocycles. The van der Waals surface area contributed by atoms with Gasteiger partial charge in [-0.05, 0) is 24.3 Å². The van der Waals surface area contributed by atoms with Crippen molar-refractivity contribution in [3.8, 4) is 0 Å². The number of pyridine rings is 1. The van der Waals surface area contributed by atoms with Crippen LogP contribution >= 0.6 is 11.6 Å². The van der Waals surface area contributed by atoms with E-state index in [2.05, 4.69) is 4.98 Å². The molecule has 2 rings (SSSR count). The quantitative estimate of drug-likeness (QED) is 0.617. The summed E-state index contributed by atoms with van der Waals surface area (Å²) in [5.74, 6) is -2.07. The Kier molecular flexibility index (Phi) is 3.76. The van der Waals surface area contributed by atoms with Gasteiger partial charge in [-0.15, -0.1) is 0 Å². The molecule has 2 nitrogen and oxygen atoms in total. The smallest absolute Gasteiger partial charge is 0.288 e. The fraction of sp³-hybridized carbons (Fsp3) is 0.0769. The molecule has 2 aromatic rings. The van der Waals surface area contributed by atoms with Crippen LogP contribution in [-0.4, -0.2) is 10.8 Å². The normalized spacial score (nSPS) is 11.4. The second-order valence-corrected chi connectivity index (χ2v) is 4.31. The molecule has 1 aromatic heterocycles. The van der Waals surface area contributed by atoms with Gasteiger partial charge in [-0.3, -0.25) is 9.78 Å². The molecule has 0 saturated heterocycles. The molecule has 1 heterocycles. The summed E-state index contributed by atoms with van der Waals surface area (Å²) in [6.45, 7) is 0. The van der Waals surface area contributed by atoms with Gasteiger partial charge in [0.2, 0.25) is 0 Å². The number of hydrogen-bond donors (Lipinski definition) is 0. The van der Waals surface area contributed by atoms with Crippen LogP contribution in [0.3, 0.4) is 0 Å². The minimum absolute atomic E-state index is 0.0483. The van der Waals surface area contributed by atoms with E-state index >= 15 is 0 Å². The van der Waals surface area contributed by atoms with Gasteiger partial charge in [-0.25, -0.2) is 4.39 Å². The lowest BCUT2D eigenvalue weighted by molar-refractivity contribution is -0.137. The van der Waals surface area contributed by atoms with Crippen molar-refractivity contribution in [3.63, 3.8) is 0 Å². The molecule has 0 N–H and O–H groups in total. The topological polar surface area (TPSA) is 30.0 Å². The zero-order valence-electron chi connectivity index (χ0n) is 9.71. The van der Waals surface area contributed by atoms with E-state index in [9.17, 15) is 22.4 Å². The Bertz CT molecular complexity index is 670. The van der Waals surface area contributed by atoms with E-state index in [1.54, 1.807) is 0 Å². The van der Waals surface area contributed by atoms with Gasteiger partial charge >= 0.3 is 6.18 Å². The number of rotatable bonds is 2. The van der Waals surface area contributed by atoms with Crippen LogP contribution in [0, 0.1) is 5.82 Å². The van der Waals surface area contributed by atoms with Crippen LogP contribution in [0.1, 0.15) is 21.5 Å². The van der Waals surface area contributed by atoms with Gasteiger partial charge in [0.25, 0.3) is 0 Å². The lowest BCUT2D eigenvalue weighted by Gasteiger charge is -2.11. The van der Waals surface area contributed by atoms with Crippen LogP contribution in [0.2, 0.25) is 5.02 Å². The summed E-state index contributed by atoms with van der Waals surface area (Å²) in [4.78, 5) is 15.5. The van der Waals surface area contributed by atoms with E-state index in [0.717, 1.165) is 24.5 Å². The lowest BCUT2D eigenvalue weighted by Crippen LogP contribution is -2.15. The van der Waals surface area contributed by atoms with Gasteiger partial charge in [-0.1, -0.05) is 11.6 Å². The third-order valence-electron chi connectivity index (χ3n) is 2.54. The van der Waals surface area contributed by atoms with Crippen molar-refractivity contribution in [1.29, 1.82) is 0 Å². The molecular formula is C13H6ClF4NO. The summed E-state index contributed by atoms with van der Waals surface area (Å²) >= 11 is 5.62. The second kappa shape index (κ2) is 5.20. The molecule has 104 valence electrons. The van der Waals surface area contributed by atoms with E-state index < -0.39 is 34.5 Å². The molecule has 1 aromatic carbocycles. The molecule has 7 heteroatoms.